The molecule has 1 aromatic carbocycles. The second-order valence-electron chi connectivity index (χ2n) is 6.72. The van der Waals surface area contributed by atoms with Crippen molar-refractivity contribution in [3.05, 3.63) is 69.2 Å². The molecule has 0 radical (unpaired) electrons. The van der Waals surface area contributed by atoms with E-state index < -0.39 is 16.5 Å². The Labute approximate surface area is 166 Å². The van der Waals surface area contributed by atoms with Crippen molar-refractivity contribution in [3.63, 3.8) is 0 Å². The van der Waals surface area contributed by atoms with E-state index in [0.717, 1.165) is 38.6 Å². The fraction of sp³-hybridized carbons (Fsp3) is 0.250. The second-order valence-corrected chi connectivity index (χ2v) is 8.18. The molecule has 0 spiro atoms. The summed E-state index contributed by atoms with van der Waals surface area (Å²) in [6.45, 7) is 1.12. The van der Waals surface area contributed by atoms with E-state index in [-0.39, 0.29) is 13.0 Å². The van der Waals surface area contributed by atoms with Crippen molar-refractivity contribution in [1.82, 2.24) is 4.98 Å². The summed E-state index contributed by atoms with van der Waals surface area (Å²) in [7, 11) is 0. The van der Waals surface area contributed by atoms with Gasteiger partial charge in [0.2, 0.25) is 0 Å². The number of benzene rings is 1. The first kappa shape index (κ1) is 18.4. The summed E-state index contributed by atoms with van der Waals surface area (Å²) in [5.74, 6) is -0.525. The maximum atomic E-state index is 12.6. The number of quaternary nitrogens is 1. The molecule has 27 heavy (non-hydrogen) atoms. The number of fused-ring (bicyclic) bond motifs is 2. The highest BCUT2D eigenvalue weighted by atomic mass is 35.5. The Bertz CT molecular complexity index is 1000. The lowest BCUT2D eigenvalue weighted by Crippen LogP contribution is -2.54. The summed E-state index contributed by atoms with van der Waals surface area (Å²) >= 11 is 7.87. The molecular formula is C20H17ClN2O3S. The first-order valence-electron chi connectivity index (χ1n) is 8.63. The molecule has 2 aromatic rings. The van der Waals surface area contributed by atoms with Gasteiger partial charge in [0, 0.05) is 33.9 Å². The summed E-state index contributed by atoms with van der Waals surface area (Å²) in [5.41, 5.74) is 4.63. The van der Waals surface area contributed by atoms with Gasteiger partial charge >= 0.3 is 11.8 Å². The first-order chi connectivity index (χ1) is 12.9. The van der Waals surface area contributed by atoms with Gasteiger partial charge in [-0.25, -0.2) is 14.2 Å². The number of carbonyl (C=O) groups is 2. The van der Waals surface area contributed by atoms with E-state index in [2.05, 4.69) is 4.98 Å². The smallest absolute Gasteiger partial charge is 0.325 e. The summed E-state index contributed by atoms with van der Waals surface area (Å²) in [6.07, 6.45) is 2.08. The third-order valence-corrected chi connectivity index (χ3v) is 6.42. The Morgan fingerprint density at radius 1 is 1.33 bits per heavy atom. The molecule has 3 heterocycles. The van der Waals surface area contributed by atoms with Crippen LogP contribution >= 0.6 is 23.4 Å². The molecule has 0 aliphatic carbocycles. The summed E-state index contributed by atoms with van der Waals surface area (Å²) in [6, 6.07) is 9.61. The Morgan fingerprint density at radius 2 is 2.15 bits per heavy atom. The molecule has 1 aromatic heterocycles. The number of rotatable bonds is 0. The fourth-order valence-corrected chi connectivity index (χ4v) is 4.92. The quantitative estimate of drug-likeness (QED) is 0.486. The normalized spacial score (nSPS) is 24.8. The third-order valence-electron chi connectivity index (χ3n) is 5.08. The van der Waals surface area contributed by atoms with Crippen LogP contribution in [-0.2, 0) is 15.3 Å². The van der Waals surface area contributed by atoms with Crippen molar-refractivity contribution in [3.8, 4) is 0 Å². The van der Waals surface area contributed by atoms with Gasteiger partial charge in [-0.1, -0.05) is 23.7 Å². The lowest BCUT2D eigenvalue weighted by molar-refractivity contribution is -0.728. The molecule has 138 valence electrons. The highest BCUT2D eigenvalue weighted by Gasteiger charge is 2.39. The lowest BCUT2D eigenvalue weighted by atomic mass is 9.89. The topological polar surface area (TPSA) is 70.1 Å². The molecule has 2 aliphatic rings. The predicted molar refractivity (Wildman–Crippen MR) is 105 cm³/mol. The van der Waals surface area contributed by atoms with E-state index in [4.69, 9.17) is 11.6 Å². The van der Waals surface area contributed by atoms with Crippen LogP contribution in [0.4, 0.5) is 0 Å². The number of halogens is 1. The number of thioether (sulfide) groups is 1. The van der Waals surface area contributed by atoms with Gasteiger partial charge in [0.1, 0.15) is 0 Å². The number of hydrogen-bond donors (Lipinski definition) is 0. The number of amides is 2. The van der Waals surface area contributed by atoms with Crippen molar-refractivity contribution in [2.75, 3.05) is 6.54 Å². The molecule has 0 N–H and O–H groups in total. The standard InChI is InChI=1S/C20H17ClN2O3S/c1-12(24)23(26)8-6-13(9-18(23)25)19-16-5-4-15(21)10-17(16)27-11-14-3-2-7-22-20(14)19/h2-5,7,10H,6,8-9,11H2,1H3. The molecular weight excluding hydrogens is 384 g/mol. The molecule has 1 saturated heterocycles. The fourth-order valence-electron chi connectivity index (χ4n) is 3.61. The van der Waals surface area contributed by atoms with Crippen molar-refractivity contribution >= 4 is 40.8 Å². The molecule has 2 aliphatic heterocycles. The van der Waals surface area contributed by atoms with E-state index in [0.29, 0.717) is 11.4 Å². The van der Waals surface area contributed by atoms with Crippen molar-refractivity contribution in [2.45, 2.75) is 30.4 Å². The maximum absolute atomic E-state index is 12.6. The van der Waals surface area contributed by atoms with E-state index in [1.165, 1.54) is 6.92 Å². The van der Waals surface area contributed by atoms with Gasteiger partial charge < -0.3 is 5.21 Å². The zero-order chi connectivity index (χ0) is 19.2. The number of likely N-dealkylation sites (tertiary alicyclic amines) is 1. The number of pyridine rings is 1. The van der Waals surface area contributed by atoms with Gasteiger partial charge in [0.25, 0.3) is 0 Å². The van der Waals surface area contributed by atoms with E-state index in [9.17, 15) is 14.8 Å². The second kappa shape index (κ2) is 6.87. The Morgan fingerprint density at radius 3 is 2.89 bits per heavy atom. The van der Waals surface area contributed by atoms with Crippen LogP contribution in [0.5, 0.6) is 0 Å². The average molecular weight is 401 g/mol. The minimum atomic E-state index is -1.38. The molecule has 2 amide bonds. The molecule has 1 unspecified atom stereocenters. The van der Waals surface area contributed by atoms with Gasteiger partial charge in [-0.05, 0) is 34.9 Å². The highest BCUT2D eigenvalue weighted by molar-refractivity contribution is 7.98. The van der Waals surface area contributed by atoms with Gasteiger partial charge in [-0.3, -0.25) is 4.98 Å². The van der Waals surface area contributed by atoms with Gasteiger partial charge in [0.05, 0.1) is 25.6 Å². The Hall–Kier alpha value is -1.99. The largest absolute Gasteiger partial charge is 0.618 e. The minimum absolute atomic E-state index is 0.0405. The van der Waals surface area contributed by atoms with E-state index in [1.807, 2.05) is 30.3 Å². The molecule has 1 fully saturated rings. The molecule has 1 atom stereocenters. The maximum Gasteiger partial charge on any atom is 0.325 e. The zero-order valence-corrected chi connectivity index (χ0v) is 16.3. The SMILES string of the molecule is CC(=O)[N+]1([O-])CCC(=C2c3ccc(Cl)cc3SCc3cccnc32)CC1=O. The number of imide groups is 1. The van der Waals surface area contributed by atoms with Crippen LogP contribution in [0.25, 0.3) is 5.57 Å². The van der Waals surface area contributed by atoms with Crippen LogP contribution in [0.2, 0.25) is 5.02 Å². The highest BCUT2D eigenvalue weighted by Crippen LogP contribution is 2.43. The number of hydroxylamine groups is 3. The Kier molecular flexibility index (Phi) is 4.68. The number of hydrogen-bond acceptors (Lipinski definition) is 5. The molecule has 0 saturated carbocycles. The monoisotopic (exact) mass is 400 g/mol. The third kappa shape index (κ3) is 3.12. The number of carbonyl (C=O) groups excluding carboxylic acids is 2. The van der Waals surface area contributed by atoms with Crippen LogP contribution in [-0.4, -0.2) is 28.0 Å². The molecule has 7 heteroatoms. The minimum Gasteiger partial charge on any atom is -0.618 e. The average Bonchev–Trinajstić information content (AvgIpc) is 2.80. The van der Waals surface area contributed by atoms with Crippen molar-refractivity contribution in [1.29, 1.82) is 0 Å². The zero-order valence-electron chi connectivity index (χ0n) is 14.7. The Balaban J connectivity index is 1.91. The van der Waals surface area contributed by atoms with E-state index in [1.54, 1.807) is 18.0 Å². The van der Waals surface area contributed by atoms with Crippen LogP contribution in [0.1, 0.15) is 36.6 Å². The first-order valence-corrected chi connectivity index (χ1v) is 9.99. The summed E-state index contributed by atoms with van der Waals surface area (Å²) in [4.78, 5) is 29.8. The predicted octanol–water partition coefficient (Wildman–Crippen LogP) is 4.32. The van der Waals surface area contributed by atoms with Gasteiger partial charge in [-0.15, -0.1) is 11.8 Å². The van der Waals surface area contributed by atoms with E-state index >= 15 is 0 Å². The van der Waals surface area contributed by atoms with Gasteiger partial charge in [-0.2, -0.15) is 0 Å². The van der Waals surface area contributed by atoms with Crippen LogP contribution in [0.3, 0.4) is 0 Å². The molecule has 0 bridgehead atoms. The summed E-state index contributed by atoms with van der Waals surface area (Å²) < 4.78 is -1.38. The van der Waals surface area contributed by atoms with Crippen LogP contribution in [0.15, 0.2) is 47.0 Å². The van der Waals surface area contributed by atoms with Gasteiger partial charge in [0.15, 0.2) is 0 Å². The number of piperidine rings is 1. The van der Waals surface area contributed by atoms with Crippen LogP contribution in [0, 0.1) is 5.21 Å². The van der Waals surface area contributed by atoms with Crippen LogP contribution < -0.4 is 0 Å². The van der Waals surface area contributed by atoms with Crippen molar-refractivity contribution < 1.29 is 14.2 Å². The van der Waals surface area contributed by atoms with Crippen molar-refractivity contribution in [2.24, 2.45) is 0 Å². The number of aromatic nitrogens is 1. The molecule has 5 nitrogen and oxygen atoms in total. The lowest BCUT2D eigenvalue weighted by Gasteiger charge is -2.40. The summed E-state index contributed by atoms with van der Waals surface area (Å²) in [5, 5.41) is 13.2. The molecule has 4 rings (SSSR count). The number of nitrogens with zero attached hydrogens (tertiary/aromatic N) is 2.